The molecule has 0 bridgehead atoms. The maximum absolute atomic E-state index is 14.6. The van der Waals surface area contributed by atoms with Gasteiger partial charge < -0.3 is 14.4 Å². The van der Waals surface area contributed by atoms with Crippen molar-refractivity contribution in [3.8, 4) is 5.75 Å². The third kappa shape index (κ3) is 5.73. The predicted molar refractivity (Wildman–Crippen MR) is 113 cm³/mol. The lowest BCUT2D eigenvalue weighted by Gasteiger charge is -2.42. The van der Waals surface area contributed by atoms with Gasteiger partial charge in [-0.15, -0.1) is 0 Å². The second kappa shape index (κ2) is 10.6. The Morgan fingerprint density at radius 1 is 1.18 bits per heavy atom. The fraction of sp³-hybridized carbons (Fsp3) is 0.650. The highest BCUT2D eigenvalue weighted by Crippen LogP contribution is 2.34. The van der Waals surface area contributed by atoms with Crippen molar-refractivity contribution in [2.45, 2.75) is 36.6 Å². The van der Waals surface area contributed by atoms with Crippen molar-refractivity contribution in [1.29, 1.82) is 0 Å². The van der Waals surface area contributed by atoms with Crippen LogP contribution in [-0.4, -0.2) is 80.8 Å². The van der Waals surface area contributed by atoms with Gasteiger partial charge in [0.2, 0.25) is 10.0 Å². The zero-order valence-electron chi connectivity index (χ0n) is 18.3. The van der Waals surface area contributed by atoms with E-state index in [1.165, 1.54) is 21.9 Å². The molecule has 0 radical (unpaired) electrons. The number of benzene rings is 1. The summed E-state index contributed by atoms with van der Waals surface area (Å²) in [6.45, 7) is 0.204. The number of amides is 1. The van der Waals surface area contributed by atoms with Crippen molar-refractivity contribution in [2.75, 3.05) is 50.9 Å². The number of piperazine rings is 1. The Morgan fingerprint density at radius 2 is 1.82 bits per heavy atom. The van der Waals surface area contributed by atoms with Crippen LogP contribution in [0.3, 0.4) is 0 Å². The highest BCUT2D eigenvalue weighted by atomic mass is 32.2. The Bertz CT molecular complexity index is 962. The monoisotopic (exact) mass is 513 g/mol. The second-order valence-electron chi connectivity index (χ2n) is 8.12. The molecule has 0 saturated carbocycles. The standard InChI is InChI=1S/C20H27F4N3O6S/c21-16-14-15(33-11-1-4-20(22,23)24)2-3-17(16)26-7-9-27(10-8-26)34(30,31)19(18(28)25-29)5-12-32-13-6-19/h2-3,14,29H,1,4-13H2,(H,25,28). The van der Waals surface area contributed by atoms with E-state index < -0.39 is 39.1 Å². The molecule has 2 aliphatic rings. The number of nitrogens with zero attached hydrogens (tertiary/aromatic N) is 2. The zero-order valence-corrected chi connectivity index (χ0v) is 19.1. The molecule has 0 unspecified atom stereocenters. The van der Waals surface area contributed by atoms with Crippen molar-refractivity contribution in [3.63, 3.8) is 0 Å². The predicted octanol–water partition coefficient (Wildman–Crippen LogP) is 2.05. The summed E-state index contributed by atoms with van der Waals surface area (Å²) < 4.78 is 87.6. The maximum atomic E-state index is 14.6. The van der Waals surface area contributed by atoms with Crippen LogP contribution in [0.15, 0.2) is 18.2 Å². The lowest BCUT2D eigenvalue weighted by Crippen LogP contribution is -2.62. The van der Waals surface area contributed by atoms with Crippen LogP contribution in [0.25, 0.3) is 0 Å². The second-order valence-corrected chi connectivity index (χ2v) is 10.4. The van der Waals surface area contributed by atoms with Gasteiger partial charge in [0.05, 0.1) is 12.3 Å². The zero-order chi connectivity index (χ0) is 25.0. The SMILES string of the molecule is O=C(NO)C1(S(=O)(=O)N2CCN(c3ccc(OCCCC(F)(F)F)cc3F)CC2)CCOCC1. The van der Waals surface area contributed by atoms with E-state index in [-0.39, 0.29) is 76.7 Å². The number of carbonyl (C=O) groups is 1. The van der Waals surface area contributed by atoms with Gasteiger partial charge in [0, 0.05) is 64.7 Å². The molecule has 3 rings (SSSR count). The van der Waals surface area contributed by atoms with Crippen LogP contribution >= 0.6 is 0 Å². The molecule has 1 amide bonds. The number of nitrogens with one attached hydrogen (secondary N) is 1. The Hall–Kier alpha value is -2.16. The summed E-state index contributed by atoms with van der Waals surface area (Å²) in [5, 5.41) is 9.13. The summed E-state index contributed by atoms with van der Waals surface area (Å²) >= 11 is 0. The number of hydrogen-bond acceptors (Lipinski definition) is 7. The molecule has 2 N–H and O–H groups in total. The van der Waals surface area contributed by atoms with Crippen LogP contribution in [-0.2, 0) is 19.6 Å². The van der Waals surface area contributed by atoms with Gasteiger partial charge in [-0.2, -0.15) is 17.5 Å². The largest absolute Gasteiger partial charge is 0.493 e. The number of rotatable bonds is 8. The minimum Gasteiger partial charge on any atom is -0.493 e. The molecule has 2 aliphatic heterocycles. The van der Waals surface area contributed by atoms with Gasteiger partial charge in [-0.3, -0.25) is 10.0 Å². The van der Waals surface area contributed by atoms with Gasteiger partial charge in [0.15, 0.2) is 4.75 Å². The first-order chi connectivity index (χ1) is 16.0. The molecular weight excluding hydrogens is 486 g/mol. The number of sulfonamides is 1. The molecule has 0 spiro atoms. The summed E-state index contributed by atoms with van der Waals surface area (Å²) in [4.78, 5) is 14.0. The average Bonchev–Trinajstić information content (AvgIpc) is 2.81. The quantitative estimate of drug-likeness (QED) is 0.237. The van der Waals surface area contributed by atoms with Crippen molar-refractivity contribution in [1.82, 2.24) is 9.79 Å². The van der Waals surface area contributed by atoms with E-state index >= 15 is 0 Å². The molecule has 9 nitrogen and oxygen atoms in total. The number of hydroxylamine groups is 1. The Balaban J connectivity index is 1.62. The first-order valence-electron chi connectivity index (χ1n) is 10.8. The molecule has 0 aliphatic carbocycles. The summed E-state index contributed by atoms with van der Waals surface area (Å²) in [5.74, 6) is -1.55. The Kier molecular flexibility index (Phi) is 8.26. The molecule has 1 aromatic carbocycles. The van der Waals surface area contributed by atoms with E-state index in [9.17, 15) is 30.8 Å². The fourth-order valence-electron chi connectivity index (χ4n) is 4.12. The number of ether oxygens (including phenoxy) is 2. The van der Waals surface area contributed by atoms with Crippen LogP contribution in [0.2, 0.25) is 0 Å². The molecule has 1 aromatic rings. The van der Waals surface area contributed by atoms with Crippen LogP contribution < -0.4 is 15.1 Å². The van der Waals surface area contributed by atoms with Gasteiger partial charge >= 0.3 is 6.18 Å². The summed E-state index contributed by atoms with van der Waals surface area (Å²) in [7, 11) is -4.14. The van der Waals surface area contributed by atoms with Gasteiger partial charge in [0.1, 0.15) is 11.6 Å². The first-order valence-corrected chi connectivity index (χ1v) is 12.2. The molecule has 2 fully saturated rings. The summed E-state index contributed by atoms with van der Waals surface area (Å²) in [6.07, 6.45) is -5.71. The first kappa shape index (κ1) is 26.4. The van der Waals surface area contributed by atoms with E-state index in [4.69, 9.17) is 14.7 Å². The van der Waals surface area contributed by atoms with Crippen molar-refractivity contribution < 1.29 is 45.5 Å². The lowest BCUT2D eigenvalue weighted by atomic mass is 9.98. The van der Waals surface area contributed by atoms with E-state index in [0.717, 1.165) is 6.07 Å². The third-order valence-corrected chi connectivity index (χ3v) is 8.65. The van der Waals surface area contributed by atoms with Crippen molar-refractivity contribution in [2.24, 2.45) is 0 Å². The van der Waals surface area contributed by atoms with Gasteiger partial charge in [-0.05, 0) is 18.6 Å². The smallest absolute Gasteiger partial charge is 0.389 e. The van der Waals surface area contributed by atoms with Crippen LogP contribution in [0.4, 0.5) is 23.2 Å². The van der Waals surface area contributed by atoms with Gasteiger partial charge in [-0.1, -0.05) is 0 Å². The minimum atomic E-state index is -4.28. The third-order valence-electron chi connectivity index (χ3n) is 6.02. The molecule has 0 aromatic heterocycles. The number of anilines is 1. The Labute approximate surface area is 194 Å². The lowest BCUT2D eigenvalue weighted by molar-refractivity contribution is -0.136. The highest BCUT2D eigenvalue weighted by molar-refractivity contribution is 7.91. The van der Waals surface area contributed by atoms with E-state index in [2.05, 4.69) is 0 Å². The summed E-state index contributed by atoms with van der Waals surface area (Å²) in [6, 6.07) is 3.95. The van der Waals surface area contributed by atoms with Gasteiger partial charge in [0.25, 0.3) is 5.91 Å². The van der Waals surface area contributed by atoms with E-state index in [1.807, 2.05) is 0 Å². The topological polar surface area (TPSA) is 108 Å². The maximum Gasteiger partial charge on any atom is 0.389 e. The minimum absolute atomic E-state index is 0.00121. The van der Waals surface area contributed by atoms with Crippen LogP contribution in [0, 0.1) is 5.82 Å². The number of hydrogen-bond donors (Lipinski definition) is 2. The molecule has 2 saturated heterocycles. The van der Waals surface area contributed by atoms with Crippen molar-refractivity contribution >= 4 is 21.6 Å². The molecular formula is C20H27F4N3O6S. The number of carbonyl (C=O) groups excluding carboxylic acids is 1. The number of alkyl halides is 3. The molecule has 192 valence electrons. The molecule has 2 heterocycles. The molecule has 34 heavy (non-hydrogen) atoms. The fourth-order valence-corrected chi connectivity index (χ4v) is 6.22. The van der Waals surface area contributed by atoms with E-state index in [1.54, 1.807) is 4.90 Å². The van der Waals surface area contributed by atoms with Crippen LogP contribution in [0.5, 0.6) is 5.75 Å². The average molecular weight is 514 g/mol. The Morgan fingerprint density at radius 3 is 2.38 bits per heavy atom. The normalized spacial score (nSPS) is 19.6. The molecule has 0 atom stereocenters. The van der Waals surface area contributed by atoms with Crippen LogP contribution in [0.1, 0.15) is 25.7 Å². The van der Waals surface area contributed by atoms with Crippen molar-refractivity contribution in [3.05, 3.63) is 24.0 Å². The highest BCUT2D eigenvalue weighted by Gasteiger charge is 2.54. The molecule has 14 heteroatoms. The summed E-state index contributed by atoms with van der Waals surface area (Å²) in [5.41, 5.74) is 1.67. The van der Waals surface area contributed by atoms with Gasteiger partial charge in [-0.25, -0.2) is 18.3 Å². The number of halogens is 4. The van der Waals surface area contributed by atoms with E-state index in [0.29, 0.717) is 0 Å².